The van der Waals surface area contributed by atoms with Crippen molar-refractivity contribution in [2.24, 2.45) is 5.73 Å². The van der Waals surface area contributed by atoms with E-state index in [2.05, 4.69) is 10.3 Å². The van der Waals surface area contributed by atoms with Gasteiger partial charge in [0.2, 0.25) is 5.91 Å². The number of para-hydroxylation sites is 1. The Bertz CT molecular complexity index is 850. The summed E-state index contributed by atoms with van der Waals surface area (Å²) in [5.41, 5.74) is 0.706. The van der Waals surface area contributed by atoms with Gasteiger partial charge in [0, 0.05) is 17.8 Å². The standard InChI is InChI=1S/C16H15F6N3O2/c1-24-10(6-12(23)26)14(27)8-5-11(16(20,21)22)25-13-7(8)3-2-4-9(13)15(17,18)19/h2-5,10,14,24,27H,6H2,1H3,(H2,23,26). The zero-order valence-electron chi connectivity index (χ0n) is 13.8. The zero-order valence-corrected chi connectivity index (χ0v) is 13.8. The summed E-state index contributed by atoms with van der Waals surface area (Å²) in [4.78, 5) is 14.2. The van der Waals surface area contributed by atoms with Crippen molar-refractivity contribution in [3.8, 4) is 0 Å². The number of halogens is 6. The minimum atomic E-state index is -5.04. The fourth-order valence-corrected chi connectivity index (χ4v) is 2.70. The first-order valence-electron chi connectivity index (χ1n) is 7.58. The number of amides is 1. The Balaban J connectivity index is 2.79. The van der Waals surface area contributed by atoms with E-state index in [1.807, 2.05) is 0 Å². The molecule has 0 saturated carbocycles. The lowest BCUT2D eigenvalue weighted by Gasteiger charge is -2.24. The highest BCUT2D eigenvalue weighted by Gasteiger charge is 2.38. The molecule has 1 aromatic carbocycles. The molecule has 27 heavy (non-hydrogen) atoms. The van der Waals surface area contributed by atoms with Gasteiger partial charge in [-0.15, -0.1) is 0 Å². The summed E-state index contributed by atoms with van der Waals surface area (Å²) >= 11 is 0. The van der Waals surface area contributed by atoms with Gasteiger partial charge in [-0.2, -0.15) is 26.3 Å². The second-order valence-electron chi connectivity index (χ2n) is 5.80. The van der Waals surface area contributed by atoms with Crippen molar-refractivity contribution in [2.45, 2.75) is 30.9 Å². The summed E-state index contributed by atoms with van der Waals surface area (Å²) in [5.74, 6) is -0.848. The van der Waals surface area contributed by atoms with Crippen LogP contribution in [-0.4, -0.2) is 29.1 Å². The Morgan fingerprint density at radius 2 is 1.85 bits per heavy atom. The van der Waals surface area contributed by atoms with Gasteiger partial charge >= 0.3 is 12.4 Å². The Labute approximate surface area is 149 Å². The predicted molar refractivity (Wildman–Crippen MR) is 83.4 cm³/mol. The monoisotopic (exact) mass is 395 g/mol. The van der Waals surface area contributed by atoms with Gasteiger partial charge in [0.05, 0.1) is 17.2 Å². The van der Waals surface area contributed by atoms with Gasteiger partial charge < -0.3 is 16.2 Å². The number of nitrogens with two attached hydrogens (primary N) is 1. The van der Waals surface area contributed by atoms with Gasteiger partial charge in [-0.25, -0.2) is 4.98 Å². The van der Waals surface area contributed by atoms with Crippen LogP contribution in [0.5, 0.6) is 0 Å². The summed E-state index contributed by atoms with van der Waals surface area (Å²) in [7, 11) is 1.33. The third kappa shape index (κ3) is 4.48. The summed E-state index contributed by atoms with van der Waals surface area (Å²) in [6.45, 7) is 0. The molecule has 1 heterocycles. The molecule has 1 aromatic heterocycles. The number of aliphatic hydroxyl groups is 1. The SMILES string of the molecule is CNC(CC(N)=O)C(O)c1cc(C(F)(F)F)nc2c(C(F)(F)F)cccc12. The number of hydrogen-bond donors (Lipinski definition) is 3. The fourth-order valence-electron chi connectivity index (χ4n) is 2.70. The molecule has 0 aliphatic heterocycles. The molecule has 0 fully saturated rings. The van der Waals surface area contributed by atoms with Gasteiger partial charge in [-0.3, -0.25) is 4.79 Å². The number of primary amides is 1. The van der Waals surface area contributed by atoms with Crippen molar-refractivity contribution in [3.63, 3.8) is 0 Å². The molecule has 11 heteroatoms. The largest absolute Gasteiger partial charge is 0.433 e. The lowest BCUT2D eigenvalue weighted by Crippen LogP contribution is -2.36. The average molecular weight is 395 g/mol. The Morgan fingerprint density at radius 3 is 2.33 bits per heavy atom. The van der Waals surface area contributed by atoms with Crippen molar-refractivity contribution in [1.29, 1.82) is 0 Å². The molecule has 2 rings (SSSR count). The normalized spacial score (nSPS) is 15.0. The highest BCUT2D eigenvalue weighted by atomic mass is 19.4. The smallest absolute Gasteiger partial charge is 0.387 e. The van der Waals surface area contributed by atoms with Crippen LogP contribution < -0.4 is 11.1 Å². The van der Waals surface area contributed by atoms with Crippen LogP contribution in [0.2, 0.25) is 0 Å². The molecule has 148 valence electrons. The lowest BCUT2D eigenvalue weighted by atomic mass is 9.94. The first-order chi connectivity index (χ1) is 12.4. The number of likely N-dealkylation sites (N-methyl/N-ethyl adjacent to an activating group) is 1. The summed E-state index contributed by atoms with van der Waals surface area (Å²) in [6, 6.07) is 2.08. The van der Waals surface area contributed by atoms with Crippen LogP contribution in [0.15, 0.2) is 24.3 Å². The number of carbonyl (C=O) groups excluding carboxylic acids is 1. The average Bonchev–Trinajstić information content (AvgIpc) is 2.55. The second-order valence-corrected chi connectivity index (χ2v) is 5.80. The first kappa shape index (κ1) is 20.9. The number of benzene rings is 1. The highest BCUT2D eigenvalue weighted by Crippen LogP contribution is 2.39. The zero-order chi connectivity index (χ0) is 20.6. The van der Waals surface area contributed by atoms with E-state index in [9.17, 15) is 36.2 Å². The van der Waals surface area contributed by atoms with Crippen LogP contribution in [0.3, 0.4) is 0 Å². The van der Waals surface area contributed by atoms with Crippen molar-refractivity contribution >= 4 is 16.8 Å². The molecule has 0 radical (unpaired) electrons. The van der Waals surface area contributed by atoms with Gasteiger partial charge in [0.1, 0.15) is 5.69 Å². The molecule has 5 nitrogen and oxygen atoms in total. The van der Waals surface area contributed by atoms with Crippen LogP contribution >= 0.6 is 0 Å². The third-order valence-corrected chi connectivity index (χ3v) is 3.96. The first-order valence-corrected chi connectivity index (χ1v) is 7.58. The number of carbonyl (C=O) groups is 1. The maximum absolute atomic E-state index is 13.2. The molecule has 0 bridgehead atoms. The fraction of sp³-hybridized carbons (Fsp3) is 0.375. The molecular formula is C16H15F6N3O2. The lowest BCUT2D eigenvalue weighted by molar-refractivity contribution is -0.142. The minimum absolute atomic E-state index is 0.310. The quantitative estimate of drug-likeness (QED) is 0.680. The molecule has 4 N–H and O–H groups in total. The topological polar surface area (TPSA) is 88.2 Å². The number of alkyl halides is 6. The summed E-state index contributed by atoms with van der Waals surface area (Å²) < 4.78 is 79.2. The Hall–Kier alpha value is -2.40. The summed E-state index contributed by atoms with van der Waals surface area (Å²) in [6.07, 6.45) is -12.2. The number of rotatable bonds is 5. The number of aliphatic hydroxyl groups excluding tert-OH is 1. The number of pyridine rings is 1. The molecule has 2 aromatic rings. The summed E-state index contributed by atoms with van der Waals surface area (Å²) in [5, 5.41) is 12.7. The van der Waals surface area contributed by atoms with E-state index < -0.39 is 59.2 Å². The van der Waals surface area contributed by atoms with Crippen molar-refractivity contribution in [3.05, 3.63) is 41.1 Å². The predicted octanol–water partition coefficient (Wildman–Crippen LogP) is 2.77. The van der Waals surface area contributed by atoms with E-state index >= 15 is 0 Å². The molecule has 0 saturated heterocycles. The molecule has 0 aliphatic carbocycles. The van der Waals surface area contributed by atoms with Crippen molar-refractivity contribution < 1.29 is 36.2 Å². The van der Waals surface area contributed by atoms with Crippen LogP contribution in [0.1, 0.15) is 29.3 Å². The maximum atomic E-state index is 13.2. The number of nitrogens with zero attached hydrogens (tertiary/aromatic N) is 1. The van der Waals surface area contributed by atoms with Crippen molar-refractivity contribution in [1.82, 2.24) is 10.3 Å². The van der Waals surface area contributed by atoms with Gasteiger partial charge in [0.25, 0.3) is 0 Å². The van der Waals surface area contributed by atoms with Crippen LogP contribution in [-0.2, 0) is 17.1 Å². The number of hydrogen-bond acceptors (Lipinski definition) is 4. The van der Waals surface area contributed by atoms with E-state index in [0.717, 1.165) is 12.1 Å². The van der Waals surface area contributed by atoms with E-state index in [-0.39, 0.29) is 5.39 Å². The molecule has 0 aliphatic rings. The number of aromatic nitrogens is 1. The van der Waals surface area contributed by atoms with Gasteiger partial charge in [0.15, 0.2) is 0 Å². The van der Waals surface area contributed by atoms with E-state index in [0.29, 0.717) is 12.1 Å². The molecule has 0 spiro atoms. The molecular weight excluding hydrogens is 380 g/mol. The maximum Gasteiger partial charge on any atom is 0.433 e. The van der Waals surface area contributed by atoms with E-state index in [1.54, 1.807) is 0 Å². The minimum Gasteiger partial charge on any atom is -0.387 e. The van der Waals surface area contributed by atoms with Gasteiger partial charge in [-0.1, -0.05) is 12.1 Å². The number of nitrogens with one attached hydrogen (secondary N) is 1. The second kappa shape index (κ2) is 7.31. The van der Waals surface area contributed by atoms with Crippen LogP contribution in [0, 0.1) is 0 Å². The van der Waals surface area contributed by atoms with Crippen LogP contribution in [0.25, 0.3) is 10.9 Å². The van der Waals surface area contributed by atoms with Gasteiger partial charge in [-0.05, 0) is 24.7 Å². The molecule has 2 atom stereocenters. The van der Waals surface area contributed by atoms with E-state index in [1.165, 1.54) is 7.05 Å². The molecule has 1 amide bonds. The molecule has 2 unspecified atom stereocenters. The Morgan fingerprint density at radius 1 is 1.22 bits per heavy atom. The Kier molecular flexibility index (Phi) is 5.66. The van der Waals surface area contributed by atoms with Crippen LogP contribution in [0.4, 0.5) is 26.3 Å². The van der Waals surface area contributed by atoms with Crippen molar-refractivity contribution in [2.75, 3.05) is 7.05 Å². The third-order valence-electron chi connectivity index (χ3n) is 3.96. The highest BCUT2D eigenvalue weighted by molar-refractivity contribution is 5.86. The number of fused-ring (bicyclic) bond motifs is 1. The van der Waals surface area contributed by atoms with E-state index in [4.69, 9.17) is 5.73 Å².